The highest BCUT2D eigenvalue weighted by Gasteiger charge is 2.20. The molecule has 1 aromatic rings. The lowest BCUT2D eigenvalue weighted by Gasteiger charge is -2.11. The molecule has 0 aliphatic carbocycles. The molecule has 1 atom stereocenters. The van der Waals surface area contributed by atoms with Crippen LogP contribution in [0.1, 0.15) is 6.92 Å². The fraction of sp³-hybridized carbons (Fsp3) is 0.250. The molecule has 78 valence electrons. The van der Waals surface area contributed by atoms with Gasteiger partial charge in [-0.1, -0.05) is 11.6 Å². The number of hydrogen-bond acceptors (Lipinski definition) is 3. The quantitative estimate of drug-likeness (QED) is 0.779. The van der Waals surface area contributed by atoms with Gasteiger partial charge in [-0.15, -0.1) is 0 Å². The van der Waals surface area contributed by atoms with Gasteiger partial charge in [-0.2, -0.15) is 0 Å². The third-order valence-corrected chi connectivity index (χ3v) is 3.61. The Kier molecular flexibility index (Phi) is 4.45. The highest BCUT2D eigenvalue weighted by molar-refractivity contribution is 9.39. The van der Waals surface area contributed by atoms with Crippen LogP contribution in [0.5, 0.6) is 5.75 Å². The first-order chi connectivity index (χ1) is 6.53. The minimum absolute atomic E-state index is 0.316. The molecule has 0 aliphatic heterocycles. The van der Waals surface area contributed by atoms with Crippen LogP contribution in [0.15, 0.2) is 24.3 Å². The molecule has 0 saturated heterocycles. The predicted octanol–water partition coefficient (Wildman–Crippen LogP) is 4.26. The molecule has 0 radical (unpaired) electrons. The normalized spacial score (nSPS) is 14.8. The molecule has 6 heteroatoms. The Morgan fingerprint density at radius 3 is 2.50 bits per heavy atom. The van der Waals surface area contributed by atoms with Crippen molar-refractivity contribution < 1.29 is 13.6 Å². The van der Waals surface area contributed by atoms with Crippen LogP contribution in [0.3, 0.4) is 0 Å². The lowest BCUT2D eigenvalue weighted by molar-refractivity contribution is 0.297. The fourth-order valence-corrected chi connectivity index (χ4v) is 2.78. The molecular weight excluding hydrogens is 290 g/mol. The second-order valence-electron chi connectivity index (χ2n) is 2.39. The highest BCUT2D eigenvalue weighted by atomic mass is 79.9. The Morgan fingerprint density at radius 2 is 2.00 bits per heavy atom. The van der Waals surface area contributed by atoms with Crippen molar-refractivity contribution in [2.24, 2.45) is 0 Å². The summed E-state index contributed by atoms with van der Waals surface area (Å²) in [5.41, 5.74) is 0. The van der Waals surface area contributed by atoms with Gasteiger partial charge >= 0.3 is 6.30 Å². The Hall–Kier alpha value is -0.0200. The molecule has 0 bridgehead atoms. The molecule has 0 aromatic heterocycles. The van der Waals surface area contributed by atoms with Gasteiger partial charge in [0.05, 0.1) is 22.1 Å². The summed E-state index contributed by atoms with van der Waals surface area (Å²) >= 11 is 8.55. The van der Waals surface area contributed by atoms with Crippen LogP contribution < -0.4 is 4.52 Å². The van der Waals surface area contributed by atoms with Crippen molar-refractivity contribution in [3.63, 3.8) is 0 Å². The molecule has 1 rings (SSSR count). The third kappa shape index (κ3) is 4.01. The van der Waals surface area contributed by atoms with E-state index in [1.165, 1.54) is 0 Å². The van der Waals surface area contributed by atoms with Gasteiger partial charge in [0.15, 0.2) is 0 Å². The van der Waals surface area contributed by atoms with E-state index >= 15 is 0 Å². The number of benzene rings is 1. The molecule has 14 heavy (non-hydrogen) atoms. The van der Waals surface area contributed by atoms with Crippen molar-refractivity contribution in [3.8, 4) is 5.75 Å². The van der Waals surface area contributed by atoms with Gasteiger partial charge in [0, 0.05) is 5.02 Å². The molecule has 0 amide bonds. The summed E-state index contributed by atoms with van der Waals surface area (Å²) < 4.78 is 21.5. The second kappa shape index (κ2) is 5.17. The third-order valence-electron chi connectivity index (χ3n) is 1.31. The number of halogens is 2. The Labute approximate surface area is 95.6 Å². The van der Waals surface area contributed by atoms with E-state index in [0.717, 1.165) is 0 Å². The molecule has 0 spiro atoms. The van der Waals surface area contributed by atoms with E-state index in [9.17, 15) is 4.57 Å². The standard InChI is InChI=1S/C8H9BrClO3P/c1-2-12-14(9,11)13-8-5-3-7(10)4-6-8/h3-6H,2H2,1H3. The maximum atomic E-state index is 11.5. The topological polar surface area (TPSA) is 35.5 Å². The monoisotopic (exact) mass is 298 g/mol. The van der Waals surface area contributed by atoms with Crippen LogP contribution in [-0.2, 0) is 9.09 Å². The SMILES string of the molecule is CCOP(=O)(Br)Oc1ccc(Cl)cc1. The zero-order chi connectivity index (χ0) is 10.6. The zero-order valence-corrected chi connectivity index (χ0v) is 10.7. The van der Waals surface area contributed by atoms with Crippen molar-refractivity contribution in [3.05, 3.63) is 29.3 Å². The lowest BCUT2D eigenvalue weighted by Crippen LogP contribution is -1.91. The average molecular weight is 299 g/mol. The highest BCUT2D eigenvalue weighted by Crippen LogP contribution is 2.55. The van der Waals surface area contributed by atoms with Crippen LogP contribution >= 0.6 is 33.4 Å². The summed E-state index contributed by atoms with van der Waals surface area (Å²) in [6.07, 6.45) is -3.16. The Morgan fingerprint density at radius 1 is 1.43 bits per heavy atom. The van der Waals surface area contributed by atoms with Gasteiger partial charge in [0.25, 0.3) is 0 Å². The van der Waals surface area contributed by atoms with Gasteiger partial charge in [-0.25, -0.2) is 4.57 Å². The molecule has 0 N–H and O–H groups in total. The molecule has 0 saturated carbocycles. The average Bonchev–Trinajstić information content (AvgIpc) is 2.08. The molecule has 1 unspecified atom stereocenters. The molecule has 0 heterocycles. The Bertz CT molecular complexity index is 341. The molecule has 3 nitrogen and oxygen atoms in total. The van der Waals surface area contributed by atoms with Crippen LogP contribution in [-0.4, -0.2) is 6.61 Å². The first-order valence-corrected chi connectivity index (χ1v) is 7.87. The van der Waals surface area contributed by atoms with E-state index < -0.39 is 6.30 Å². The van der Waals surface area contributed by atoms with Crippen molar-refractivity contribution >= 4 is 33.4 Å². The minimum atomic E-state index is -3.16. The van der Waals surface area contributed by atoms with E-state index in [1.807, 2.05) is 0 Å². The number of hydrogen-bond donors (Lipinski definition) is 0. The van der Waals surface area contributed by atoms with E-state index in [4.69, 9.17) is 20.6 Å². The van der Waals surface area contributed by atoms with Crippen molar-refractivity contribution in [2.45, 2.75) is 6.92 Å². The van der Waals surface area contributed by atoms with Gasteiger partial charge in [-0.05, 0) is 31.2 Å². The zero-order valence-electron chi connectivity index (χ0n) is 7.44. The minimum Gasteiger partial charge on any atom is -0.417 e. The van der Waals surface area contributed by atoms with Crippen molar-refractivity contribution in [2.75, 3.05) is 6.61 Å². The molecular formula is C8H9BrClO3P. The van der Waals surface area contributed by atoms with E-state index in [2.05, 4.69) is 15.5 Å². The fourth-order valence-electron chi connectivity index (χ4n) is 0.802. The first-order valence-electron chi connectivity index (χ1n) is 3.93. The summed E-state index contributed by atoms with van der Waals surface area (Å²) in [5, 5.41) is 0.596. The number of rotatable bonds is 4. The first kappa shape index (κ1) is 12.1. The van der Waals surface area contributed by atoms with Gasteiger partial charge in [0.2, 0.25) is 0 Å². The van der Waals surface area contributed by atoms with Gasteiger partial charge in [-0.3, -0.25) is 4.52 Å². The van der Waals surface area contributed by atoms with Crippen molar-refractivity contribution in [1.29, 1.82) is 0 Å². The lowest BCUT2D eigenvalue weighted by atomic mass is 10.3. The van der Waals surface area contributed by atoms with Crippen LogP contribution in [0, 0.1) is 0 Å². The summed E-state index contributed by atoms with van der Waals surface area (Å²) in [4.78, 5) is 0. The Balaban J connectivity index is 2.69. The summed E-state index contributed by atoms with van der Waals surface area (Å²) in [7, 11) is 0. The van der Waals surface area contributed by atoms with Crippen LogP contribution in [0.25, 0.3) is 0 Å². The summed E-state index contributed by atoms with van der Waals surface area (Å²) in [6, 6.07) is 6.54. The maximum absolute atomic E-state index is 11.5. The molecule has 0 fully saturated rings. The summed E-state index contributed by atoms with van der Waals surface area (Å²) in [6.45, 7) is 2.05. The van der Waals surface area contributed by atoms with Crippen molar-refractivity contribution in [1.82, 2.24) is 0 Å². The molecule has 1 aromatic carbocycles. The van der Waals surface area contributed by atoms with Gasteiger partial charge in [0.1, 0.15) is 5.75 Å². The van der Waals surface area contributed by atoms with Crippen LogP contribution in [0.2, 0.25) is 5.02 Å². The van der Waals surface area contributed by atoms with E-state index in [0.29, 0.717) is 17.4 Å². The van der Waals surface area contributed by atoms with E-state index in [-0.39, 0.29) is 0 Å². The largest absolute Gasteiger partial charge is 0.446 e. The van der Waals surface area contributed by atoms with Gasteiger partial charge < -0.3 is 4.52 Å². The summed E-state index contributed by atoms with van der Waals surface area (Å²) in [5.74, 6) is 0.447. The predicted molar refractivity (Wildman–Crippen MR) is 60.2 cm³/mol. The smallest absolute Gasteiger partial charge is 0.417 e. The second-order valence-corrected chi connectivity index (χ2v) is 6.74. The van der Waals surface area contributed by atoms with Crippen LogP contribution in [0.4, 0.5) is 0 Å². The maximum Gasteiger partial charge on any atom is 0.446 e. The molecule has 0 aliphatic rings. The van der Waals surface area contributed by atoms with E-state index in [1.54, 1.807) is 31.2 Å².